The van der Waals surface area contributed by atoms with Gasteiger partial charge in [-0.05, 0) is 12.8 Å². The first-order chi connectivity index (χ1) is 9.72. The third-order valence-corrected chi connectivity index (χ3v) is 2.88. The van der Waals surface area contributed by atoms with Gasteiger partial charge in [-0.2, -0.15) is 0 Å². The molecule has 2 N–H and O–H groups in total. The second-order valence-electron chi connectivity index (χ2n) is 4.36. The van der Waals surface area contributed by atoms with Crippen LogP contribution in [0.25, 0.3) is 0 Å². The molecule has 0 aliphatic carbocycles. The summed E-state index contributed by atoms with van der Waals surface area (Å²) in [6.45, 7) is 8.36. The fourth-order valence-electron chi connectivity index (χ4n) is 1.44. The van der Waals surface area contributed by atoms with Crippen molar-refractivity contribution in [2.24, 2.45) is 5.73 Å². The quantitative estimate of drug-likeness (QED) is 0.368. The summed E-state index contributed by atoms with van der Waals surface area (Å²) in [5.74, 6) is 0. The molecule has 0 saturated carbocycles. The predicted octanol–water partition coefficient (Wildman–Crippen LogP) is 1.92. The summed E-state index contributed by atoms with van der Waals surface area (Å²) in [4.78, 5) is 0.402. The molecule has 5 nitrogen and oxygen atoms in total. The molecular weight excluding hydrogens is 278 g/mol. The zero-order valence-electron chi connectivity index (χ0n) is 12.8. The Bertz CT molecular complexity index is 229. The van der Waals surface area contributed by atoms with Gasteiger partial charge in [0.05, 0.1) is 39.6 Å². The molecule has 0 fully saturated rings. The van der Waals surface area contributed by atoms with Crippen molar-refractivity contribution in [3.63, 3.8) is 0 Å². The van der Waals surface area contributed by atoms with Crippen molar-refractivity contribution in [1.29, 1.82) is 0 Å². The number of unbranched alkanes of at least 4 members (excludes halogenated alkanes) is 1. The Morgan fingerprint density at radius 3 is 1.85 bits per heavy atom. The van der Waals surface area contributed by atoms with Crippen LogP contribution < -0.4 is 5.73 Å². The van der Waals surface area contributed by atoms with E-state index in [9.17, 15) is 0 Å². The second-order valence-corrected chi connectivity index (χ2v) is 4.83. The lowest BCUT2D eigenvalue weighted by Crippen LogP contribution is -2.30. The van der Waals surface area contributed by atoms with E-state index in [1.807, 2.05) is 6.92 Å². The first-order valence-electron chi connectivity index (χ1n) is 7.36. The van der Waals surface area contributed by atoms with Crippen LogP contribution in [0.15, 0.2) is 0 Å². The lowest BCUT2D eigenvalue weighted by Gasteiger charge is -2.14. The van der Waals surface area contributed by atoms with Crippen molar-refractivity contribution in [3.05, 3.63) is 0 Å². The Balaban J connectivity index is 3.15. The molecule has 0 rings (SSSR count). The first kappa shape index (κ1) is 19.7. The van der Waals surface area contributed by atoms with E-state index >= 15 is 0 Å². The Morgan fingerprint density at radius 2 is 1.40 bits per heavy atom. The van der Waals surface area contributed by atoms with Crippen LogP contribution in [0.4, 0.5) is 0 Å². The van der Waals surface area contributed by atoms with Gasteiger partial charge >= 0.3 is 0 Å². The maximum absolute atomic E-state index is 5.52. The van der Waals surface area contributed by atoms with Crippen LogP contribution in [-0.2, 0) is 18.9 Å². The van der Waals surface area contributed by atoms with Gasteiger partial charge in [-0.25, -0.2) is 0 Å². The normalized spacial score (nSPS) is 12.5. The van der Waals surface area contributed by atoms with E-state index in [1.54, 1.807) is 0 Å². The van der Waals surface area contributed by atoms with E-state index < -0.39 is 0 Å². The van der Waals surface area contributed by atoms with Gasteiger partial charge < -0.3 is 24.7 Å². The molecule has 0 aliphatic heterocycles. The van der Waals surface area contributed by atoms with Crippen molar-refractivity contribution < 1.29 is 18.9 Å². The number of nitrogens with two attached hydrogens (primary N) is 1. The maximum atomic E-state index is 5.52. The van der Waals surface area contributed by atoms with E-state index in [1.165, 1.54) is 0 Å². The van der Waals surface area contributed by atoms with E-state index in [0.29, 0.717) is 44.6 Å². The van der Waals surface area contributed by atoms with E-state index in [0.717, 1.165) is 25.9 Å². The Morgan fingerprint density at radius 1 is 0.900 bits per heavy atom. The third kappa shape index (κ3) is 12.7. The van der Waals surface area contributed by atoms with Gasteiger partial charge in [0.15, 0.2) is 0 Å². The zero-order valence-corrected chi connectivity index (χ0v) is 13.6. The molecular formula is C14H29NO4S. The average Bonchev–Trinajstić information content (AvgIpc) is 2.43. The minimum atomic E-state index is -0.148. The zero-order chi connectivity index (χ0) is 15.1. The molecule has 120 valence electrons. The summed E-state index contributed by atoms with van der Waals surface area (Å²) in [6, 6.07) is 0. The van der Waals surface area contributed by atoms with Crippen LogP contribution in [0.5, 0.6) is 0 Å². The molecule has 0 aromatic carbocycles. The van der Waals surface area contributed by atoms with Crippen molar-refractivity contribution in [2.75, 3.05) is 46.2 Å². The number of hydrogen-bond acceptors (Lipinski definition) is 5. The van der Waals surface area contributed by atoms with E-state index in [4.69, 9.17) is 36.9 Å². The van der Waals surface area contributed by atoms with Crippen LogP contribution >= 0.6 is 12.2 Å². The fraction of sp³-hybridized carbons (Fsp3) is 0.929. The lowest BCUT2D eigenvalue weighted by atomic mass is 10.3. The predicted molar refractivity (Wildman–Crippen MR) is 84.2 cm³/mol. The molecule has 1 unspecified atom stereocenters. The van der Waals surface area contributed by atoms with Crippen LogP contribution in [-0.4, -0.2) is 57.3 Å². The van der Waals surface area contributed by atoms with Crippen molar-refractivity contribution in [1.82, 2.24) is 0 Å². The Kier molecular flexibility index (Phi) is 14.9. The monoisotopic (exact) mass is 307 g/mol. The maximum Gasteiger partial charge on any atom is 0.107 e. The Labute approximate surface area is 128 Å². The van der Waals surface area contributed by atoms with Gasteiger partial charge in [0.1, 0.15) is 11.1 Å². The third-order valence-electron chi connectivity index (χ3n) is 2.62. The summed E-state index contributed by atoms with van der Waals surface area (Å²) < 4.78 is 21.6. The number of rotatable bonds is 15. The van der Waals surface area contributed by atoms with Gasteiger partial charge in [0, 0.05) is 6.61 Å². The first-order valence-corrected chi connectivity index (χ1v) is 7.77. The van der Waals surface area contributed by atoms with Crippen molar-refractivity contribution in [3.8, 4) is 0 Å². The van der Waals surface area contributed by atoms with Gasteiger partial charge in [-0.1, -0.05) is 32.5 Å². The van der Waals surface area contributed by atoms with E-state index in [-0.39, 0.29) is 6.10 Å². The highest BCUT2D eigenvalue weighted by Gasteiger charge is 2.08. The standard InChI is InChI=1S/C14H29NO4S/c1-3-5-6-16-7-8-17-9-10-18-11-12-19-13(4-2)14(15)20/h13H,3-12H2,1-2H3,(H2,15,20). The van der Waals surface area contributed by atoms with Crippen molar-refractivity contribution in [2.45, 2.75) is 39.2 Å². The second kappa shape index (κ2) is 15.1. The summed E-state index contributed by atoms with van der Waals surface area (Å²) in [7, 11) is 0. The molecule has 0 radical (unpaired) electrons. The average molecular weight is 307 g/mol. The van der Waals surface area contributed by atoms with Gasteiger partial charge in [-0.3, -0.25) is 0 Å². The molecule has 0 saturated heterocycles. The summed E-state index contributed by atoms with van der Waals surface area (Å²) >= 11 is 4.88. The molecule has 20 heavy (non-hydrogen) atoms. The smallest absolute Gasteiger partial charge is 0.107 e. The van der Waals surface area contributed by atoms with Gasteiger partial charge in [0.2, 0.25) is 0 Å². The molecule has 0 amide bonds. The van der Waals surface area contributed by atoms with Crippen LogP contribution in [0.2, 0.25) is 0 Å². The highest BCUT2D eigenvalue weighted by atomic mass is 32.1. The molecule has 0 bridgehead atoms. The number of thiocarbonyl (C=S) groups is 1. The SMILES string of the molecule is CCCCOCCOCCOCCOC(CC)C(N)=S. The molecule has 0 aromatic rings. The van der Waals surface area contributed by atoms with Crippen molar-refractivity contribution >= 4 is 17.2 Å². The summed E-state index contributed by atoms with van der Waals surface area (Å²) in [5, 5.41) is 0. The minimum absolute atomic E-state index is 0.148. The largest absolute Gasteiger partial charge is 0.391 e. The molecule has 1 atom stereocenters. The fourth-order valence-corrected chi connectivity index (χ4v) is 1.67. The number of hydrogen-bond donors (Lipinski definition) is 1. The molecule has 0 aromatic heterocycles. The molecule has 0 spiro atoms. The molecule has 6 heteroatoms. The van der Waals surface area contributed by atoms with Crippen LogP contribution in [0.1, 0.15) is 33.1 Å². The summed E-state index contributed by atoms with van der Waals surface area (Å²) in [6.07, 6.45) is 2.90. The van der Waals surface area contributed by atoms with Crippen LogP contribution in [0, 0.1) is 0 Å². The molecule has 0 heterocycles. The van der Waals surface area contributed by atoms with Crippen LogP contribution in [0.3, 0.4) is 0 Å². The van der Waals surface area contributed by atoms with Gasteiger partial charge in [-0.15, -0.1) is 0 Å². The topological polar surface area (TPSA) is 62.9 Å². The number of ether oxygens (including phenoxy) is 4. The highest BCUT2D eigenvalue weighted by Crippen LogP contribution is 1.98. The lowest BCUT2D eigenvalue weighted by molar-refractivity contribution is -0.00791. The van der Waals surface area contributed by atoms with E-state index in [2.05, 4.69) is 6.92 Å². The molecule has 0 aliphatic rings. The Hall–Kier alpha value is -0.270. The highest BCUT2D eigenvalue weighted by molar-refractivity contribution is 7.80. The summed E-state index contributed by atoms with van der Waals surface area (Å²) in [5.41, 5.74) is 5.52. The van der Waals surface area contributed by atoms with Gasteiger partial charge in [0.25, 0.3) is 0 Å². The minimum Gasteiger partial charge on any atom is -0.391 e.